The fourth-order valence-corrected chi connectivity index (χ4v) is 5.15. The average molecular weight is 464 g/mol. The maximum atomic E-state index is 13.5. The highest BCUT2D eigenvalue weighted by molar-refractivity contribution is 6.33. The molecule has 2 aliphatic rings. The number of benzene rings is 2. The molecule has 0 radical (unpaired) electrons. The highest BCUT2D eigenvalue weighted by Gasteiger charge is 2.52. The first-order chi connectivity index (χ1) is 16.1. The van der Waals surface area contributed by atoms with E-state index in [0.717, 1.165) is 11.3 Å². The summed E-state index contributed by atoms with van der Waals surface area (Å²) >= 11 is 6.25. The lowest BCUT2D eigenvalue weighted by molar-refractivity contribution is -0.134. The summed E-state index contributed by atoms with van der Waals surface area (Å²) in [5, 5.41) is 4.11. The molecule has 170 valence electrons. The van der Waals surface area contributed by atoms with Crippen LogP contribution in [0.5, 0.6) is 0 Å². The van der Waals surface area contributed by atoms with Crippen molar-refractivity contribution in [1.82, 2.24) is 15.1 Å². The Bertz CT molecular complexity index is 1120. The van der Waals surface area contributed by atoms with Crippen molar-refractivity contribution in [3.63, 3.8) is 0 Å². The van der Waals surface area contributed by atoms with Gasteiger partial charge < -0.3 is 14.2 Å². The Morgan fingerprint density at radius 2 is 1.76 bits per heavy atom. The van der Waals surface area contributed by atoms with Crippen molar-refractivity contribution < 1.29 is 14.0 Å². The Kier molecular flexibility index (Phi) is 5.96. The monoisotopic (exact) mass is 463 g/mol. The Morgan fingerprint density at radius 1 is 1.03 bits per heavy atom. The third-order valence-corrected chi connectivity index (χ3v) is 7.01. The Balaban J connectivity index is 1.36. The van der Waals surface area contributed by atoms with Gasteiger partial charge in [-0.15, -0.1) is 0 Å². The van der Waals surface area contributed by atoms with Crippen LogP contribution in [0.4, 0.5) is 0 Å². The van der Waals surface area contributed by atoms with Gasteiger partial charge in [0.25, 0.3) is 5.91 Å². The van der Waals surface area contributed by atoms with Gasteiger partial charge in [0, 0.05) is 25.9 Å². The van der Waals surface area contributed by atoms with Crippen LogP contribution < -0.4 is 5.32 Å². The first kappa shape index (κ1) is 21.7. The summed E-state index contributed by atoms with van der Waals surface area (Å²) in [6.07, 6.45) is 3.53. The van der Waals surface area contributed by atoms with Gasteiger partial charge in [-0.2, -0.15) is 0 Å². The normalized spacial score (nSPS) is 19.9. The molecule has 33 heavy (non-hydrogen) atoms. The summed E-state index contributed by atoms with van der Waals surface area (Å²) in [6, 6.07) is 20.6. The van der Waals surface area contributed by atoms with Crippen molar-refractivity contribution in [1.29, 1.82) is 0 Å². The van der Waals surface area contributed by atoms with Crippen molar-refractivity contribution in [2.75, 3.05) is 13.1 Å². The zero-order valence-corrected chi connectivity index (χ0v) is 19.0. The van der Waals surface area contributed by atoms with Gasteiger partial charge in [-0.3, -0.25) is 14.9 Å². The standard InChI is InChI=1S/C26H26ClN3O3/c27-22-11-5-4-10-21(22)24(31)29-14-12-26(13-15-29)28-23(17-19-7-2-1-3-8-19)25(32)30(26)18-20-9-6-16-33-20/h1-11,16,23,28H,12-15,17-18H2. The minimum absolute atomic E-state index is 0.0705. The topological polar surface area (TPSA) is 65.8 Å². The molecule has 1 unspecified atom stereocenters. The van der Waals surface area contributed by atoms with Crippen molar-refractivity contribution in [2.24, 2.45) is 0 Å². The number of carbonyl (C=O) groups excluding carboxylic acids is 2. The number of nitrogens with one attached hydrogen (secondary N) is 1. The van der Waals surface area contributed by atoms with E-state index < -0.39 is 5.66 Å². The second-order valence-corrected chi connectivity index (χ2v) is 9.10. The third kappa shape index (κ3) is 4.28. The Hall–Kier alpha value is -3.09. The molecule has 1 N–H and O–H groups in total. The number of carbonyl (C=O) groups is 2. The molecule has 2 aliphatic heterocycles. The number of halogens is 1. The zero-order chi connectivity index (χ0) is 22.8. The van der Waals surface area contributed by atoms with Crippen LogP contribution in [0.1, 0.15) is 34.5 Å². The predicted octanol–water partition coefficient (Wildman–Crippen LogP) is 4.11. The van der Waals surface area contributed by atoms with Gasteiger partial charge in [0.05, 0.1) is 35.1 Å². The molecule has 2 amide bonds. The maximum Gasteiger partial charge on any atom is 0.255 e. The van der Waals surface area contributed by atoms with E-state index >= 15 is 0 Å². The SMILES string of the molecule is O=C(c1ccccc1Cl)N1CCC2(CC1)NC(Cc1ccccc1)C(=O)N2Cc1ccco1. The molecule has 7 heteroatoms. The van der Waals surface area contributed by atoms with Gasteiger partial charge in [-0.25, -0.2) is 0 Å². The summed E-state index contributed by atoms with van der Waals surface area (Å²) in [6.45, 7) is 1.48. The van der Waals surface area contributed by atoms with Crippen molar-refractivity contribution in [3.05, 3.63) is 94.9 Å². The Labute approximate surface area is 198 Å². The molecule has 2 aromatic carbocycles. The number of amides is 2. The Morgan fingerprint density at radius 3 is 2.45 bits per heavy atom. The van der Waals surface area contributed by atoms with Gasteiger partial charge in [0.15, 0.2) is 0 Å². The first-order valence-electron chi connectivity index (χ1n) is 11.2. The number of furan rings is 1. The van der Waals surface area contributed by atoms with Crippen LogP contribution in [0.2, 0.25) is 5.02 Å². The van der Waals surface area contributed by atoms with Gasteiger partial charge in [0.2, 0.25) is 5.91 Å². The van der Waals surface area contributed by atoms with Crippen molar-refractivity contribution in [2.45, 2.75) is 37.5 Å². The van der Waals surface area contributed by atoms with E-state index in [9.17, 15) is 9.59 Å². The van der Waals surface area contributed by atoms with Gasteiger partial charge in [-0.05, 0) is 36.2 Å². The first-order valence-corrected chi connectivity index (χ1v) is 11.6. The van der Waals surface area contributed by atoms with Gasteiger partial charge in [0.1, 0.15) is 5.76 Å². The second kappa shape index (κ2) is 9.04. The molecule has 1 aromatic heterocycles. The van der Waals surface area contributed by atoms with Crippen molar-refractivity contribution in [3.8, 4) is 0 Å². The summed E-state index contributed by atoms with van der Waals surface area (Å²) in [5.41, 5.74) is 1.12. The van der Waals surface area contributed by atoms with Crippen LogP contribution in [-0.2, 0) is 17.8 Å². The van der Waals surface area contributed by atoms with E-state index in [2.05, 4.69) is 5.32 Å². The molecule has 2 saturated heterocycles. The van der Waals surface area contributed by atoms with E-state index in [1.54, 1.807) is 18.4 Å². The number of piperidine rings is 1. The number of likely N-dealkylation sites (tertiary alicyclic amines) is 1. The second-order valence-electron chi connectivity index (χ2n) is 8.69. The molecular formula is C26H26ClN3O3. The summed E-state index contributed by atoms with van der Waals surface area (Å²) in [7, 11) is 0. The number of nitrogens with zero attached hydrogens (tertiary/aromatic N) is 2. The lowest BCUT2D eigenvalue weighted by atomic mass is 9.95. The number of rotatable bonds is 5. The molecule has 0 bridgehead atoms. The average Bonchev–Trinajstić information content (AvgIpc) is 3.44. The molecule has 5 rings (SSSR count). The fraction of sp³-hybridized carbons (Fsp3) is 0.308. The van der Waals surface area contributed by atoms with Crippen LogP contribution in [-0.4, -0.2) is 46.4 Å². The smallest absolute Gasteiger partial charge is 0.255 e. The van der Waals surface area contributed by atoms with Crippen LogP contribution in [0.3, 0.4) is 0 Å². The molecule has 0 aliphatic carbocycles. The highest BCUT2D eigenvalue weighted by atomic mass is 35.5. The summed E-state index contributed by atoms with van der Waals surface area (Å²) in [4.78, 5) is 30.3. The van der Waals surface area contributed by atoms with E-state index in [1.807, 2.05) is 64.4 Å². The van der Waals surface area contributed by atoms with E-state index in [1.165, 1.54) is 0 Å². The largest absolute Gasteiger partial charge is 0.467 e. The maximum absolute atomic E-state index is 13.5. The highest BCUT2D eigenvalue weighted by Crippen LogP contribution is 2.35. The lowest BCUT2D eigenvalue weighted by Crippen LogP contribution is -2.59. The van der Waals surface area contributed by atoms with Crippen LogP contribution in [0, 0.1) is 0 Å². The summed E-state index contributed by atoms with van der Waals surface area (Å²) in [5.74, 6) is 0.749. The summed E-state index contributed by atoms with van der Waals surface area (Å²) < 4.78 is 5.56. The molecule has 2 fully saturated rings. The van der Waals surface area contributed by atoms with E-state index in [0.29, 0.717) is 49.5 Å². The third-order valence-electron chi connectivity index (χ3n) is 6.68. The molecule has 6 nitrogen and oxygen atoms in total. The zero-order valence-electron chi connectivity index (χ0n) is 18.2. The molecular weight excluding hydrogens is 438 g/mol. The van der Waals surface area contributed by atoms with Gasteiger partial charge in [-0.1, -0.05) is 54.1 Å². The predicted molar refractivity (Wildman–Crippen MR) is 126 cm³/mol. The lowest BCUT2D eigenvalue weighted by Gasteiger charge is -2.44. The molecule has 0 saturated carbocycles. The van der Waals surface area contributed by atoms with E-state index in [4.69, 9.17) is 16.0 Å². The van der Waals surface area contributed by atoms with Crippen molar-refractivity contribution >= 4 is 23.4 Å². The van der Waals surface area contributed by atoms with Crippen LogP contribution in [0.15, 0.2) is 77.4 Å². The molecule has 3 aromatic rings. The van der Waals surface area contributed by atoms with Gasteiger partial charge >= 0.3 is 0 Å². The number of hydrogen-bond acceptors (Lipinski definition) is 4. The molecule has 1 atom stereocenters. The van der Waals surface area contributed by atoms with Crippen LogP contribution >= 0.6 is 11.6 Å². The number of hydrogen-bond donors (Lipinski definition) is 1. The quantitative estimate of drug-likeness (QED) is 0.618. The minimum Gasteiger partial charge on any atom is -0.467 e. The molecule has 1 spiro atoms. The minimum atomic E-state index is -0.513. The fourth-order valence-electron chi connectivity index (χ4n) is 4.94. The van der Waals surface area contributed by atoms with E-state index in [-0.39, 0.29) is 17.9 Å². The molecule has 3 heterocycles. The van der Waals surface area contributed by atoms with Crippen LogP contribution in [0.25, 0.3) is 0 Å².